The summed E-state index contributed by atoms with van der Waals surface area (Å²) in [5, 5.41) is 30.8. The lowest BCUT2D eigenvalue weighted by molar-refractivity contribution is -0.392. The van der Waals surface area contributed by atoms with Crippen LogP contribution in [0.3, 0.4) is 0 Å². The lowest BCUT2D eigenvalue weighted by atomic mass is 10.1. The van der Waals surface area contributed by atoms with Crippen molar-refractivity contribution in [2.45, 2.75) is 13.8 Å². The summed E-state index contributed by atoms with van der Waals surface area (Å²) in [5.41, 5.74) is -1.57. The average Bonchev–Trinajstić information content (AvgIpc) is 2.39. The largest absolute Gasteiger partial charge is 0.361 e. The van der Waals surface area contributed by atoms with Crippen LogP contribution >= 0.6 is 11.6 Å². The first-order valence-corrected chi connectivity index (χ1v) is 6.07. The van der Waals surface area contributed by atoms with Crippen LogP contribution in [0.2, 0.25) is 5.02 Å². The Hall–Kier alpha value is -2.40. The highest BCUT2D eigenvalue weighted by atomic mass is 35.5. The Kier molecular flexibility index (Phi) is 4.83. The van der Waals surface area contributed by atoms with E-state index in [0.717, 1.165) is 6.07 Å². The number of benzene rings is 1. The van der Waals surface area contributed by atoms with E-state index in [0.29, 0.717) is 13.1 Å². The third-order valence-corrected chi connectivity index (χ3v) is 3.15. The Balaban J connectivity index is 3.85. The number of nitriles is 1. The van der Waals surface area contributed by atoms with Gasteiger partial charge >= 0.3 is 11.4 Å². The van der Waals surface area contributed by atoms with E-state index >= 15 is 0 Å². The van der Waals surface area contributed by atoms with Crippen molar-refractivity contribution in [2.24, 2.45) is 0 Å². The second kappa shape index (κ2) is 6.16. The number of nitro groups is 2. The fourth-order valence-electron chi connectivity index (χ4n) is 1.86. The van der Waals surface area contributed by atoms with E-state index in [9.17, 15) is 20.2 Å². The molecule has 1 aromatic carbocycles. The van der Waals surface area contributed by atoms with Gasteiger partial charge < -0.3 is 4.90 Å². The van der Waals surface area contributed by atoms with Gasteiger partial charge in [-0.3, -0.25) is 20.2 Å². The number of halogens is 1. The highest BCUT2D eigenvalue weighted by Crippen LogP contribution is 2.44. The molecule has 0 atom stereocenters. The van der Waals surface area contributed by atoms with Crippen molar-refractivity contribution in [1.29, 1.82) is 5.26 Å². The summed E-state index contributed by atoms with van der Waals surface area (Å²) in [6.07, 6.45) is 0. The molecule has 1 rings (SSSR count). The number of nitrogens with zero attached hydrogens (tertiary/aromatic N) is 4. The van der Waals surface area contributed by atoms with E-state index in [4.69, 9.17) is 16.9 Å². The lowest BCUT2D eigenvalue weighted by Gasteiger charge is -2.21. The molecule has 0 aliphatic heterocycles. The number of rotatable bonds is 5. The van der Waals surface area contributed by atoms with Gasteiger partial charge in [0.2, 0.25) is 0 Å². The van der Waals surface area contributed by atoms with E-state index in [1.165, 1.54) is 4.90 Å². The van der Waals surface area contributed by atoms with Gasteiger partial charge in [-0.2, -0.15) is 5.26 Å². The summed E-state index contributed by atoms with van der Waals surface area (Å²) in [7, 11) is 0. The van der Waals surface area contributed by atoms with Crippen molar-refractivity contribution in [3.63, 3.8) is 0 Å². The van der Waals surface area contributed by atoms with Gasteiger partial charge in [0.05, 0.1) is 15.4 Å². The van der Waals surface area contributed by atoms with E-state index in [-0.39, 0.29) is 16.3 Å². The molecule has 0 aliphatic rings. The second-order valence-electron chi connectivity index (χ2n) is 3.75. The number of anilines is 1. The molecular formula is C11H11ClN4O4. The third-order valence-electron chi connectivity index (χ3n) is 2.77. The van der Waals surface area contributed by atoms with Crippen molar-refractivity contribution in [3.05, 3.63) is 36.9 Å². The van der Waals surface area contributed by atoms with Gasteiger partial charge in [0, 0.05) is 19.2 Å². The molecule has 9 heteroatoms. The van der Waals surface area contributed by atoms with Crippen LogP contribution in [0, 0.1) is 31.6 Å². The van der Waals surface area contributed by atoms with E-state index in [1.807, 2.05) is 0 Å². The van der Waals surface area contributed by atoms with E-state index in [1.54, 1.807) is 19.9 Å². The molecule has 20 heavy (non-hydrogen) atoms. The SMILES string of the molecule is CCN(CC)c1c([N+](=O)[O-])cc(C#N)c(Cl)c1[N+](=O)[O-]. The zero-order chi connectivity index (χ0) is 15.4. The zero-order valence-corrected chi connectivity index (χ0v) is 11.5. The second-order valence-corrected chi connectivity index (χ2v) is 4.13. The molecule has 0 aliphatic carbocycles. The molecule has 0 heterocycles. The predicted octanol–water partition coefficient (Wildman–Crippen LogP) is 2.87. The molecule has 0 unspecified atom stereocenters. The van der Waals surface area contributed by atoms with Gasteiger partial charge in [0.1, 0.15) is 11.1 Å². The maximum atomic E-state index is 11.2. The minimum Gasteiger partial charge on any atom is -0.361 e. The van der Waals surface area contributed by atoms with Crippen molar-refractivity contribution in [1.82, 2.24) is 0 Å². The fourth-order valence-corrected chi connectivity index (χ4v) is 2.12. The monoisotopic (exact) mass is 298 g/mol. The summed E-state index contributed by atoms with van der Waals surface area (Å²) in [4.78, 5) is 22.2. The minimum atomic E-state index is -0.802. The number of hydrogen-bond donors (Lipinski definition) is 0. The smallest absolute Gasteiger partial charge is 0.319 e. The van der Waals surface area contributed by atoms with Crippen molar-refractivity contribution < 1.29 is 9.85 Å². The Morgan fingerprint density at radius 3 is 2.20 bits per heavy atom. The summed E-state index contributed by atoms with van der Waals surface area (Å²) >= 11 is 5.83. The molecule has 0 fully saturated rings. The maximum Gasteiger partial charge on any atom is 0.319 e. The minimum absolute atomic E-state index is 0.172. The number of nitro benzene ring substituents is 2. The normalized spacial score (nSPS) is 9.90. The average molecular weight is 299 g/mol. The van der Waals surface area contributed by atoms with Gasteiger partial charge in [-0.1, -0.05) is 11.6 Å². The molecule has 8 nitrogen and oxygen atoms in total. The third kappa shape index (κ3) is 2.62. The van der Waals surface area contributed by atoms with Crippen LogP contribution in [-0.4, -0.2) is 22.9 Å². The van der Waals surface area contributed by atoms with Crippen LogP contribution in [0.15, 0.2) is 6.07 Å². The first-order valence-electron chi connectivity index (χ1n) is 5.69. The summed E-state index contributed by atoms with van der Waals surface area (Å²) in [6, 6.07) is 2.59. The molecule has 0 radical (unpaired) electrons. The molecule has 0 saturated heterocycles. The maximum absolute atomic E-state index is 11.2. The number of hydrogen-bond acceptors (Lipinski definition) is 6. The Morgan fingerprint density at radius 2 is 1.85 bits per heavy atom. The Labute approximate surface area is 119 Å². The molecule has 0 bridgehead atoms. The predicted molar refractivity (Wildman–Crippen MR) is 73.0 cm³/mol. The molecule has 1 aromatic rings. The Bertz CT molecular complexity index is 607. The lowest BCUT2D eigenvalue weighted by Crippen LogP contribution is -2.24. The zero-order valence-electron chi connectivity index (χ0n) is 10.8. The molecule has 0 N–H and O–H groups in total. The van der Waals surface area contributed by atoms with Crippen molar-refractivity contribution >= 4 is 28.7 Å². The van der Waals surface area contributed by atoms with E-state index < -0.39 is 21.2 Å². The highest BCUT2D eigenvalue weighted by molar-refractivity contribution is 6.34. The first kappa shape index (κ1) is 15.7. The molecule has 0 aromatic heterocycles. The highest BCUT2D eigenvalue weighted by Gasteiger charge is 2.34. The molecule has 106 valence electrons. The van der Waals surface area contributed by atoms with Crippen LogP contribution in [0.25, 0.3) is 0 Å². The van der Waals surface area contributed by atoms with Crippen LogP contribution in [-0.2, 0) is 0 Å². The van der Waals surface area contributed by atoms with Crippen LogP contribution < -0.4 is 4.90 Å². The van der Waals surface area contributed by atoms with Gasteiger partial charge in [-0.25, -0.2) is 0 Å². The molecule has 0 saturated carbocycles. The summed E-state index contributed by atoms with van der Waals surface area (Å²) < 4.78 is 0. The van der Waals surface area contributed by atoms with Crippen molar-refractivity contribution in [3.8, 4) is 6.07 Å². The van der Waals surface area contributed by atoms with Gasteiger partial charge in [0.15, 0.2) is 5.69 Å². The topological polar surface area (TPSA) is 113 Å². The van der Waals surface area contributed by atoms with Gasteiger partial charge in [-0.05, 0) is 13.8 Å². The van der Waals surface area contributed by atoms with Crippen LogP contribution in [0.1, 0.15) is 19.4 Å². The standard InChI is InChI=1S/C11H11ClN4O4/c1-3-14(4-2)10-8(15(17)18)5-7(6-13)9(12)11(10)16(19)20/h5H,3-4H2,1-2H3. The fraction of sp³-hybridized carbons (Fsp3) is 0.364. The molecule has 0 spiro atoms. The van der Waals surface area contributed by atoms with Crippen LogP contribution in [0.4, 0.5) is 17.1 Å². The summed E-state index contributed by atoms with van der Waals surface area (Å²) in [5.74, 6) is 0. The van der Waals surface area contributed by atoms with Crippen LogP contribution in [0.5, 0.6) is 0 Å². The van der Waals surface area contributed by atoms with Crippen molar-refractivity contribution in [2.75, 3.05) is 18.0 Å². The van der Waals surface area contributed by atoms with E-state index in [2.05, 4.69) is 0 Å². The van der Waals surface area contributed by atoms with Gasteiger partial charge in [0.25, 0.3) is 0 Å². The molecular weight excluding hydrogens is 288 g/mol. The first-order chi connectivity index (χ1) is 9.38. The Morgan fingerprint density at radius 1 is 1.30 bits per heavy atom. The van der Waals surface area contributed by atoms with Gasteiger partial charge in [-0.15, -0.1) is 0 Å². The molecule has 0 amide bonds. The quantitative estimate of drug-likeness (QED) is 0.610. The summed E-state index contributed by atoms with van der Waals surface area (Å²) in [6.45, 7) is 4.09.